The molecule has 0 fully saturated rings. The van der Waals surface area contributed by atoms with E-state index in [-0.39, 0.29) is 24.1 Å². The quantitative estimate of drug-likeness (QED) is 0.644. The summed E-state index contributed by atoms with van der Waals surface area (Å²) in [5, 5.41) is 8.82. The molecule has 4 N–H and O–H groups in total. The molecule has 0 bridgehead atoms. The Morgan fingerprint density at radius 2 is 2.00 bits per heavy atom. The fourth-order valence-corrected chi connectivity index (χ4v) is 1.99. The zero-order chi connectivity index (χ0) is 15.5. The lowest BCUT2D eigenvalue weighted by atomic mass is 10.2. The van der Waals surface area contributed by atoms with Crippen molar-refractivity contribution in [1.29, 1.82) is 0 Å². The van der Waals surface area contributed by atoms with Crippen LogP contribution in [0.1, 0.15) is 11.4 Å². The number of nitrogens with two attached hydrogens (primary N) is 1. The first-order chi connectivity index (χ1) is 10.6. The number of carboxylic acid groups (broad SMARTS) is 1. The van der Waals surface area contributed by atoms with Crippen LogP contribution < -0.4 is 10.5 Å². The first-order valence-corrected chi connectivity index (χ1v) is 6.52. The normalized spacial score (nSPS) is 10.7. The van der Waals surface area contributed by atoms with E-state index >= 15 is 0 Å². The van der Waals surface area contributed by atoms with Crippen LogP contribution in [0.3, 0.4) is 0 Å². The molecule has 0 aliphatic carbocycles. The van der Waals surface area contributed by atoms with Gasteiger partial charge in [-0.25, -0.2) is 4.98 Å². The highest BCUT2D eigenvalue weighted by atomic mass is 16.5. The summed E-state index contributed by atoms with van der Waals surface area (Å²) in [7, 11) is 0. The van der Waals surface area contributed by atoms with Crippen LogP contribution in [-0.4, -0.2) is 31.0 Å². The molecule has 0 spiro atoms. The third-order valence-electron chi connectivity index (χ3n) is 2.92. The highest BCUT2D eigenvalue weighted by molar-refractivity contribution is 5.79. The number of benzene rings is 1. The van der Waals surface area contributed by atoms with Gasteiger partial charge in [-0.1, -0.05) is 30.3 Å². The van der Waals surface area contributed by atoms with E-state index in [0.29, 0.717) is 17.8 Å². The summed E-state index contributed by atoms with van der Waals surface area (Å²) in [6.07, 6.45) is -0.242. The Balaban J connectivity index is 1.90. The van der Waals surface area contributed by atoms with Crippen LogP contribution in [-0.2, 0) is 17.8 Å². The molecule has 0 amide bonds. The molecule has 8 heteroatoms. The minimum absolute atomic E-state index is 0.0288. The second kappa shape index (κ2) is 5.68. The molecular formula is C14H13N5O3. The van der Waals surface area contributed by atoms with Gasteiger partial charge in [0, 0.05) is 0 Å². The lowest BCUT2D eigenvalue weighted by Crippen LogP contribution is -2.02. The number of rotatable bonds is 5. The maximum Gasteiger partial charge on any atom is 0.311 e. The van der Waals surface area contributed by atoms with Crippen LogP contribution in [0, 0.1) is 0 Å². The first-order valence-electron chi connectivity index (χ1n) is 6.52. The van der Waals surface area contributed by atoms with Gasteiger partial charge < -0.3 is 20.6 Å². The summed E-state index contributed by atoms with van der Waals surface area (Å²) < 4.78 is 5.64. The Hall–Kier alpha value is -3.16. The molecule has 1 aromatic carbocycles. The fourth-order valence-electron chi connectivity index (χ4n) is 1.99. The zero-order valence-corrected chi connectivity index (χ0v) is 11.5. The van der Waals surface area contributed by atoms with E-state index < -0.39 is 5.97 Å². The number of aromatic amines is 1. The van der Waals surface area contributed by atoms with E-state index in [1.807, 2.05) is 30.3 Å². The summed E-state index contributed by atoms with van der Waals surface area (Å²) in [6.45, 7) is 0.299. The number of carboxylic acids is 1. The van der Waals surface area contributed by atoms with Crippen LogP contribution in [0.5, 0.6) is 5.88 Å². The topological polar surface area (TPSA) is 127 Å². The van der Waals surface area contributed by atoms with Crippen molar-refractivity contribution in [2.45, 2.75) is 13.0 Å². The average molecular weight is 299 g/mol. The summed E-state index contributed by atoms with van der Waals surface area (Å²) in [5.74, 6) is -0.473. The maximum absolute atomic E-state index is 10.8. The molecule has 2 heterocycles. The molecule has 0 radical (unpaired) electrons. The molecule has 0 aliphatic rings. The van der Waals surface area contributed by atoms with Gasteiger partial charge in [-0.05, 0) is 5.56 Å². The van der Waals surface area contributed by atoms with Crippen molar-refractivity contribution in [2.24, 2.45) is 0 Å². The number of anilines is 1. The lowest BCUT2D eigenvalue weighted by molar-refractivity contribution is -0.136. The Morgan fingerprint density at radius 1 is 1.23 bits per heavy atom. The van der Waals surface area contributed by atoms with Crippen molar-refractivity contribution in [3.8, 4) is 5.88 Å². The minimum atomic E-state index is -0.994. The molecule has 3 rings (SSSR count). The van der Waals surface area contributed by atoms with Gasteiger partial charge in [-0.2, -0.15) is 9.97 Å². The third kappa shape index (κ3) is 2.95. The predicted molar refractivity (Wildman–Crippen MR) is 78.2 cm³/mol. The number of carbonyl (C=O) groups is 1. The van der Waals surface area contributed by atoms with Crippen LogP contribution >= 0.6 is 0 Å². The molecule has 0 atom stereocenters. The number of H-pyrrole nitrogens is 1. The molecular weight excluding hydrogens is 286 g/mol. The van der Waals surface area contributed by atoms with Crippen LogP contribution in [0.2, 0.25) is 0 Å². The zero-order valence-electron chi connectivity index (χ0n) is 11.5. The van der Waals surface area contributed by atoms with Gasteiger partial charge in [0.05, 0.1) is 0 Å². The van der Waals surface area contributed by atoms with Gasteiger partial charge in [0.25, 0.3) is 0 Å². The van der Waals surface area contributed by atoms with E-state index in [0.717, 1.165) is 5.56 Å². The Kier molecular flexibility index (Phi) is 3.57. The third-order valence-corrected chi connectivity index (χ3v) is 2.92. The van der Waals surface area contributed by atoms with Gasteiger partial charge in [-0.3, -0.25) is 4.79 Å². The molecule has 2 aromatic heterocycles. The van der Waals surface area contributed by atoms with Crippen LogP contribution in [0.25, 0.3) is 11.2 Å². The van der Waals surface area contributed by atoms with E-state index in [2.05, 4.69) is 19.9 Å². The van der Waals surface area contributed by atoms with Crippen molar-refractivity contribution in [1.82, 2.24) is 19.9 Å². The van der Waals surface area contributed by atoms with Gasteiger partial charge >= 0.3 is 5.97 Å². The lowest BCUT2D eigenvalue weighted by Gasteiger charge is -2.06. The summed E-state index contributed by atoms with van der Waals surface area (Å²) in [4.78, 5) is 25.7. The number of aliphatic carboxylic acids is 1. The minimum Gasteiger partial charge on any atom is -0.481 e. The van der Waals surface area contributed by atoms with Crippen LogP contribution in [0.4, 0.5) is 5.95 Å². The number of hydrogen-bond donors (Lipinski definition) is 3. The molecule has 0 aliphatic heterocycles. The van der Waals surface area contributed by atoms with Crippen molar-refractivity contribution >= 4 is 23.1 Å². The van der Waals surface area contributed by atoms with E-state index in [9.17, 15) is 4.79 Å². The summed E-state index contributed by atoms with van der Waals surface area (Å²) in [6, 6.07) is 9.56. The Labute approximate surface area is 125 Å². The monoisotopic (exact) mass is 299 g/mol. The first kappa shape index (κ1) is 13.8. The molecule has 112 valence electrons. The van der Waals surface area contributed by atoms with E-state index in [1.54, 1.807) is 0 Å². The molecule has 8 nitrogen and oxygen atoms in total. The average Bonchev–Trinajstić information content (AvgIpc) is 2.87. The predicted octanol–water partition coefficient (Wildman–Crippen LogP) is 1.14. The number of nitrogens with zero attached hydrogens (tertiary/aromatic N) is 3. The van der Waals surface area contributed by atoms with Crippen molar-refractivity contribution in [3.63, 3.8) is 0 Å². The van der Waals surface area contributed by atoms with Gasteiger partial charge in [0.1, 0.15) is 18.9 Å². The van der Waals surface area contributed by atoms with Gasteiger partial charge in [0.15, 0.2) is 11.2 Å². The molecule has 0 unspecified atom stereocenters. The number of hydrogen-bond acceptors (Lipinski definition) is 6. The number of imidazole rings is 1. The highest BCUT2D eigenvalue weighted by Gasteiger charge is 2.14. The number of ether oxygens (including phenoxy) is 1. The summed E-state index contributed by atoms with van der Waals surface area (Å²) in [5.41, 5.74) is 7.32. The largest absolute Gasteiger partial charge is 0.481 e. The number of nitrogens with one attached hydrogen (secondary N) is 1. The molecule has 0 saturated carbocycles. The Morgan fingerprint density at radius 3 is 2.73 bits per heavy atom. The highest BCUT2D eigenvalue weighted by Crippen LogP contribution is 2.22. The SMILES string of the molecule is Nc1nc(OCc2ccccc2)c2nc(CC(=O)O)[nH]c2n1. The van der Waals surface area contributed by atoms with Gasteiger partial charge in [0.2, 0.25) is 11.8 Å². The number of aromatic nitrogens is 4. The molecule has 22 heavy (non-hydrogen) atoms. The maximum atomic E-state index is 10.8. The Bertz CT molecular complexity index is 816. The van der Waals surface area contributed by atoms with Crippen LogP contribution in [0.15, 0.2) is 30.3 Å². The fraction of sp³-hybridized carbons (Fsp3) is 0.143. The van der Waals surface area contributed by atoms with Crippen molar-refractivity contribution < 1.29 is 14.6 Å². The van der Waals surface area contributed by atoms with Crippen molar-refractivity contribution in [2.75, 3.05) is 5.73 Å². The van der Waals surface area contributed by atoms with E-state index in [4.69, 9.17) is 15.6 Å². The summed E-state index contributed by atoms with van der Waals surface area (Å²) >= 11 is 0. The standard InChI is InChI=1S/C14H13N5O3/c15-14-18-12-11(16-9(17-12)6-10(20)21)13(19-14)22-7-8-4-2-1-3-5-8/h1-5H,6-7H2,(H,20,21)(H3,15,16,17,18,19). The molecule has 0 saturated heterocycles. The van der Waals surface area contributed by atoms with Gasteiger partial charge in [-0.15, -0.1) is 0 Å². The molecule has 3 aromatic rings. The number of fused-ring (bicyclic) bond motifs is 1. The second-order valence-corrected chi connectivity index (χ2v) is 4.61. The smallest absolute Gasteiger partial charge is 0.311 e. The van der Waals surface area contributed by atoms with Crippen molar-refractivity contribution in [3.05, 3.63) is 41.7 Å². The number of nitrogen functional groups attached to an aromatic ring is 1. The van der Waals surface area contributed by atoms with E-state index in [1.165, 1.54) is 0 Å². The second-order valence-electron chi connectivity index (χ2n) is 4.61.